The Kier molecular flexibility index (Phi) is 3.26. The molecule has 0 aromatic rings. The molecule has 5 atom stereocenters. The Bertz CT molecular complexity index is 481. The quantitative estimate of drug-likeness (QED) is 0.391. The summed E-state index contributed by atoms with van der Waals surface area (Å²) in [5.74, 6) is -6.04. The molecule has 7 N–H and O–H groups in total. The minimum absolute atomic E-state index is 0.139. The Balaban J connectivity index is 2.47. The molecular formula is C12H18N2O6. The topological polar surface area (TPSA) is 164 Å². The molecule has 0 radical (unpaired) electrons. The maximum absolute atomic E-state index is 11.9. The highest BCUT2D eigenvalue weighted by Gasteiger charge is 2.84. The van der Waals surface area contributed by atoms with Crippen LogP contribution in [0.15, 0.2) is 0 Å². The monoisotopic (exact) mass is 286 g/mol. The Morgan fingerprint density at radius 2 is 1.90 bits per heavy atom. The molecule has 0 unspecified atom stereocenters. The van der Waals surface area contributed by atoms with Crippen LogP contribution in [0.3, 0.4) is 0 Å². The second-order valence-corrected chi connectivity index (χ2v) is 5.64. The predicted molar refractivity (Wildman–Crippen MR) is 65.2 cm³/mol. The maximum Gasteiger partial charge on any atom is 0.308 e. The van der Waals surface area contributed by atoms with Crippen molar-refractivity contribution in [2.45, 2.75) is 24.8 Å². The molecule has 0 aromatic carbocycles. The zero-order valence-electron chi connectivity index (χ0n) is 10.8. The Morgan fingerprint density at radius 3 is 2.25 bits per heavy atom. The van der Waals surface area contributed by atoms with Crippen molar-refractivity contribution < 1.29 is 29.7 Å². The molecule has 0 saturated heterocycles. The number of nitrogens with two attached hydrogens (primary N) is 2. The molecule has 0 spiro atoms. The zero-order chi connectivity index (χ0) is 15.3. The minimum Gasteiger partial charge on any atom is -0.481 e. The SMILES string of the molecule is NC(=O)[C@]12[C@H](CC[C@]1(N)[C@H](CCO)C(=O)O)[C@@H]2C(=O)O. The lowest BCUT2D eigenvalue weighted by Crippen LogP contribution is -2.61. The highest BCUT2D eigenvalue weighted by atomic mass is 16.4. The fourth-order valence-corrected chi connectivity index (χ4v) is 4.22. The van der Waals surface area contributed by atoms with E-state index in [1.54, 1.807) is 0 Å². The largest absolute Gasteiger partial charge is 0.481 e. The summed E-state index contributed by atoms with van der Waals surface area (Å²) >= 11 is 0. The maximum atomic E-state index is 11.9. The van der Waals surface area contributed by atoms with Crippen LogP contribution in [0.1, 0.15) is 19.3 Å². The summed E-state index contributed by atoms with van der Waals surface area (Å²) in [7, 11) is 0. The van der Waals surface area contributed by atoms with E-state index in [9.17, 15) is 24.6 Å². The molecule has 112 valence electrons. The fourth-order valence-electron chi connectivity index (χ4n) is 4.22. The number of aliphatic carboxylic acids is 2. The van der Waals surface area contributed by atoms with Gasteiger partial charge in [-0.25, -0.2) is 0 Å². The summed E-state index contributed by atoms with van der Waals surface area (Å²) in [6.45, 7) is -0.410. The smallest absolute Gasteiger partial charge is 0.308 e. The van der Waals surface area contributed by atoms with Crippen LogP contribution < -0.4 is 11.5 Å². The number of amides is 1. The number of carboxylic acids is 2. The van der Waals surface area contributed by atoms with Gasteiger partial charge in [0.15, 0.2) is 0 Å². The predicted octanol–water partition coefficient (Wildman–Crippen LogP) is -1.64. The van der Waals surface area contributed by atoms with E-state index in [0.29, 0.717) is 6.42 Å². The molecule has 2 rings (SSSR count). The molecule has 8 nitrogen and oxygen atoms in total. The van der Waals surface area contributed by atoms with Gasteiger partial charge in [0.05, 0.1) is 17.3 Å². The van der Waals surface area contributed by atoms with Crippen LogP contribution in [0.4, 0.5) is 0 Å². The van der Waals surface area contributed by atoms with Gasteiger partial charge in [-0.15, -0.1) is 0 Å². The molecule has 0 aliphatic heterocycles. The number of rotatable bonds is 6. The summed E-state index contributed by atoms with van der Waals surface area (Å²) < 4.78 is 0. The average molecular weight is 286 g/mol. The molecule has 2 aliphatic rings. The second kappa shape index (κ2) is 4.42. The van der Waals surface area contributed by atoms with E-state index in [1.165, 1.54) is 0 Å². The molecule has 0 aromatic heterocycles. The number of aliphatic hydroxyl groups is 1. The molecule has 2 saturated carbocycles. The molecule has 1 amide bonds. The van der Waals surface area contributed by atoms with Crippen molar-refractivity contribution >= 4 is 17.8 Å². The number of hydrogen-bond donors (Lipinski definition) is 5. The van der Waals surface area contributed by atoms with E-state index in [4.69, 9.17) is 16.6 Å². The summed E-state index contributed by atoms with van der Waals surface area (Å²) in [6.07, 6.45) is 0.424. The third-order valence-electron chi connectivity index (χ3n) is 5.02. The van der Waals surface area contributed by atoms with Gasteiger partial charge in [-0.3, -0.25) is 14.4 Å². The number of carbonyl (C=O) groups is 3. The minimum atomic E-state index is -1.53. The standard InChI is InChI=1S/C12H18N2O6/c13-10(20)12-5(7(12)9(18)19)1-3-11(12,14)6(2-4-15)8(16)17/h5-7,15H,1-4,14H2,(H2,13,20)(H,16,17)(H,18,19)/t5-,6-,7-,11+,12-/m1/s1. The van der Waals surface area contributed by atoms with Gasteiger partial charge in [0.1, 0.15) is 0 Å². The summed E-state index contributed by atoms with van der Waals surface area (Å²) in [5.41, 5.74) is 8.51. The average Bonchev–Trinajstić information content (AvgIpc) is 2.95. The van der Waals surface area contributed by atoms with Crippen molar-refractivity contribution in [3.63, 3.8) is 0 Å². The lowest BCUT2D eigenvalue weighted by molar-refractivity contribution is -0.150. The van der Waals surface area contributed by atoms with Crippen LogP contribution in [0.25, 0.3) is 0 Å². The van der Waals surface area contributed by atoms with Crippen molar-refractivity contribution in [1.82, 2.24) is 0 Å². The first-order valence-corrected chi connectivity index (χ1v) is 6.40. The highest BCUT2D eigenvalue weighted by Crippen LogP contribution is 2.73. The zero-order valence-corrected chi connectivity index (χ0v) is 10.8. The van der Waals surface area contributed by atoms with Gasteiger partial charge in [0.2, 0.25) is 5.91 Å². The van der Waals surface area contributed by atoms with Gasteiger partial charge in [0, 0.05) is 12.1 Å². The fraction of sp³-hybridized carbons (Fsp3) is 0.750. The molecule has 20 heavy (non-hydrogen) atoms. The van der Waals surface area contributed by atoms with Gasteiger partial charge in [-0.1, -0.05) is 0 Å². The molecule has 0 bridgehead atoms. The summed E-state index contributed by atoms with van der Waals surface area (Å²) in [6, 6.07) is 0. The summed E-state index contributed by atoms with van der Waals surface area (Å²) in [4.78, 5) is 34.5. The van der Waals surface area contributed by atoms with Gasteiger partial charge < -0.3 is 26.8 Å². The Hall–Kier alpha value is -1.67. The highest BCUT2D eigenvalue weighted by molar-refractivity contribution is 5.96. The van der Waals surface area contributed by atoms with E-state index >= 15 is 0 Å². The Labute approximate surface area is 114 Å². The number of primary amides is 1. The van der Waals surface area contributed by atoms with Crippen molar-refractivity contribution in [3.8, 4) is 0 Å². The molecule has 8 heteroatoms. The first-order valence-electron chi connectivity index (χ1n) is 6.40. The van der Waals surface area contributed by atoms with Crippen LogP contribution in [0.5, 0.6) is 0 Å². The molecule has 2 fully saturated rings. The first kappa shape index (κ1) is 14.7. The first-order chi connectivity index (χ1) is 9.25. The van der Waals surface area contributed by atoms with Gasteiger partial charge in [-0.05, 0) is 25.2 Å². The number of hydrogen-bond acceptors (Lipinski definition) is 5. The number of carboxylic acid groups (broad SMARTS) is 2. The number of fused-ring (bicyclic) bond motifs is 1. The van der Waals surface area contributed by atoms with Crippen LogP contribution in [-0.4, -0.2) is 45.3 Å². The third-order valence-corrected chi connectivity index (χ3v) is 5.02. The van der Waals surface area contributed by atoms with E-state index in [-0.39, 0.29) is 12.8 Å². The lowest BCUT2D eigenvalue weighted by Gasteiger charge is -2.38. The Morgan fingerprint density at radius 1 is 1.30 bits per heavy atom. The third kappa shape index (κ3) is 1.52. The summed E-state index contributed by atoms with van der Waals surface area (Å²) in [5, 5.41) is 27.5. The van der Waals surface area contributed by atoms with E-state index in [1.807, 2.05) is 0 Å². The van der Waals surface area contributed by atoms with Crippen LogP contribution in [0.2, 0.25) is 0 Å². The lowest BCUT2D eigenvalue weighted by atomic mass is 9.69. The molecule has 2 aliphatic carbocycles. The van der Waals surface area contributed by atoms with Gasteiger partial charge >= 0.3 is 11.9 Å². The van der Waals surface area contributed by atoms with Crippen LogP contribution in [0, 0.1) is 23.2 Å². The number of aliphatic hydroxyl groups excluding tert-OH is 1. The normalized spacial score (nSPS) is 39.9. The van der Waals surface area contributed by atoms with E-state index < -0.39 is 53.2 Å². The van der Waals surface area contributed by atoms with Crippen molar-refractivity contribution in [3.05, 3.63) is 0 Å². The van der Waals surface area contributed by atoms with Gasteiger partial charge in [-0.2, -0.15) is 0 Å². The molecule has 0 heterocycles. The van der Waals surface area contributed by atoms with E-state index in [2.05, 4.69) is 0 Å². The molecular weight excluding hydrogens is 268 g/mol. The van der Waals surface area contributed by atoms with Gasteiger partial charge in [0.25, 0.3) is 0 Å². The van der Waals surface area contributed by atoms with Crippen LogP contribution in [-0.2, 0) is 14.4 Å². The van der Waals surface area contributed by atoms with Crippen molar-refractivity contribution in [1.29, 1.82) is 0 Å². The van der Waals surface area contributed by atoms with E-state index in [0.717, 1.165) is 0 Å². The van der Waals surface area contributed by atoms with Crippen molar-refractivity contribution in [2.75, 3.05) is 6.61 Å². The number of carbonyl (C=O) groups excluding carboxylic acids is 1. The van der Waals surface area contributed by atoms with Crippen LogP contribution >= 0.6 is 0 Å². The second-order valence-electron chi connectivity index (χ2n) is 5.64. The van der Waals surface area contributed by atoms with Crippen molar-refractivity contribution in [2.24, 2.45) is 34.6 Å².